The van der Waals surface area contributed by atoms with Crippen LogP contribution in [-0.2, 0) is 16.1 Å². The van der Waals surface area contributed by atoms with E-state index in [1.165, 1.54) is 18.9 Å². The van der Waals surface area contributed by atoms with Crippen molar-refractivity contribution in [3.8, 4) is 5.75 Å². The maximum Gasteiger partial charge on any atom is 0.341 e. The number of nitrogens with two attached hydrogens (primary N) is 1. The van der Waals surface area contributed by atoms with Gasteiger partial charge in [0, 0.05) is 6.54 Å². The van der Waals surface area contributed by atoms with Crippen molar-refractivity contribution in [2.45, 2.75) is 45.5 Å². The van der Waals surface area contributed by atoms with E-state index in [1.807, 2.05) is 49.6 Å². The molecule has 3 N–H and O–H groups in total. The molecule has 2 amide bonds. The monoisotopic (exact) mass is 517 g/mol. The number of thiophene rings is 1. The van der Waals surface area contributed by atoms with Crippen LogP contribution in [0.3, 0.4) is 0 Å². The highest BCUT2D eigenvalue weighted by Gasteiger charge is 2.26. The van der Waals surface area contributed by atoms with Crippen LogP contribution in [0.15, 0.2) is 29.4 Å². The number of thioether (sulfide) groups is 1. The number of aromatic nitrogens is 3. The maximum absolute atomic E-state index is 12.7. The van der Waals surface area contributed by atoms with Gasteiger partial charge in [-0.05, 0) is 45.4 Å². The van der Waals surface area contributed by atoms with Crippen LogP contribution in [0.5, 0.6) is 5.75 Å². The Labute approximate surface area is 211 Å². The molecule has 0 aliphatic heterocycles. The maximum atomic E-state index is 12.7. The summed E-state index contributed by atoms with van der Waals surface area (Å²) in [7, 11) is 1.23. The summed E-state index contributed by atoms with van der Waals surface area (Å²) in [6.07, 6.45) is -0.350. The smallest absolute Gasteiger partial charge is 0.341 e. The van der Waals surface area contributed by atoms with E-state index < -0.39 is 11.9 Å². The molecule has 0 radical (unpaired) electrons. The minimum absolute atomic E-state index is 0.00873. The number of carbonyl (C=O) groups is 3. The molecule has 10 nitrogen and oxygen atoms in total. The molecule has 3 aromatic rings. The first-order chi connectivity index (χ1) is 16.7. The number of carbonyl (C=O) groups excluding carboxylic acids is 3. The summed E-state index contributed by atoms with van der Waals surface area (Å²) >= 11 is 2.14. The highest BCUT2D eigenvalue weighted by molar-refractivity contribution is 7.99. The van der Waals surface area contributed by atoms with Crippen molar-refractivity contribution in [2.24, 2.45) is 5.73 Å². The second-order valence-corrected chi connectivity index (χ2v) is 9.57. The third kappa shape index (κ3) is 6.01. The zero-order valence-corrected chi connectivity index (χ0v) is 21.7. The number of hydrogen-bond donors (Lipinski definition) is 2. The summed E-state index contributed by atoms with van der Waals surface area (Å²) in [6.45, 7) is 8.02. The first kappa shape index (κ1) is 26.2. The van der Waals surface area contributed by atoms with Gasteiger partial charge in [0.25, 0.3) is 5.91 Å². The second kappa shape index (κ2) is 11.4. The number of anilines is 1. The third-order valence-electron chi connectivity index (χ3n) is 5.10. The fourth-order valence-electron chi connectivity index (χ4n) is 3.36. The molecule has 3 rings (SSSR count). The molecule has 2 heterocycles. The molecule has 0 fully saturated rings. The van der Waals surface area contributed by atoms with Crippen LogP contribution in [0.2, 0.25) is 0 Å². The lowest BCUT2D eigenvalue weighted by Gasteiger charge is -2.15. The number of primary amides is 1. The van der Waals surface area contributed by atoms with Gasteiger partial charge in [0.1, 0.15) is 10.8 Å². The van der Waals surface area contributed by atoms with Crippen LogP contribution in [0.1, 0.15) is 56.9 Å². The van der Waals surface area contributed by atoms with E-state index in [-0.39, 0.29) is 33.2 Å². The molecular formula is C23H27N5O5S2. The predicted octanol–water partition coefficient (Wildman–Crippen LogP) is 3.73. The molecule has 0 aliphatic rings. The average molecular weight is 518 g/mol. The molecule has 186 valence electrons. The molecule has 35 heavy (non-hydrogen) atoms. The van der Waals surface area contributed by atoms with Gasteiger partial charge in [0.05, 0.1) is 23.3 Å². The Morgan fingerprint density at radius 3 is 2.49 bits per heavy atom. The lowest BCUT2D eigenvalue weighted by Crippen LogP contribution is -2.17. The fraction of sp³-hybridized carbons (Fsp3) is 0.348. The highest BCUT2D eigenvalue weighted by Crippen LogP contribution is 2.34. The third-order valence-corrected chi connectivity index (χ3v) is 7.29. The SMILES string of the molecule is CCn1c(SCC(=O)Nc2sc(C(N)=O)c(C)c2C(=O)OC)nnc1C(C)Oc1ccc(C)cc1. The van der Waals surface area contributed by atoms with Crippen LogP contribution < -0.4 is 15.8 Å². The van der Waals surface area contributed by atoms with Gasteiger partial charge in [-0.1, -0.05) is 29.5 Å². The quantitative estimate of drug-likeness (QED) is 0.306. The molecule has 0 saturated carbocycles. The Bertz CT molecular complexity index is 1240. The standard InChI is InChI=1S/C23H27N5O5S2/c1-6-28-20(14(4)33-15-9-7-12(2)8-10-15)26-27-23(28)34-11-16(29)25-21-17(22(31)32-5)13(3)18(35-21)19(24)30/h7-10,14H,6,11H2,1-5H3,(H2,24,30)(H,25,29). The van der Waals surface area contributed by atoms with Gasteiger partial charge in [0.15, 0.2) is 17.1 Å². The molecule has 0 bridgehead atoms. The molecule has 1 atom stereocenters. The number of benzene rings is 1. The Hall–Kier alpha value is -3.38. The Kier molecular flexibility index (Phi) is 8.52. The largest absolute Gasteiger partial charge is 0.483 e. The van der Waals surface area contributed by atoms with Crippen molar-refractivity contribution in [1.82, 2.24) is 14.8 Å². The molecule has 0 aliphatic carbocycles. The van der Waals surface area contributed by atoms with Gasteiger partial charge in [0.2, 0.25) is 5.91 Å². The molecule has 1 unspecified atom stereocenters. The van der Waals surface area contributed by atoms with Gasteiger partial charge < -0.3 is 25.1 Å². The van der Waals surface area contributed by atoms with Crippen molar-refractivity contribution >= 4 is 45.9 Å². The van der Waals surface area contributed by atoms with E-state index in [2.05, 4.69) is 15.5 Å². The van der Waals surface area contributed by atoms with Crippen LogP contribution in [0.25, 0.3) is 0 Å². The van der Waals surface area contributed by atoms with Gasteiger partial charge in [-0.25, -0.2) is 4.79 Å². The normalized spacial score (nSPS) is 11.7. The number of methoxy groups -OCH3 is 1. The number of hydrogen-bond acceptors (Lipinski definition) is 9. The van der Waals surface area contributed by atoms with Crippen molar-refractivity contribution < 1.29 is 23.9 Å². The van der Waals surface area contributed by atoms with E-state index >= 15 is 0 Å². The lowest BCUT2D eigenvalue weighted by atomic mass is 10.1. The predicted molar refractivity (Wildman–Crippen MR) is 134 cm³/mol. The number of aryl methyl sites for hydroxylation is 1. The number of ether oxygens (including phenoxy) is 2. The summed E-state index contributed by atoms with van der Waals surface area (Å²) in [5, 5.41) is 12.0. The van der Waals surface area contributed by atoms with Crippen LogP contribution in [0.4, 0.5) is 5.00 Å². The molecule has 2 aromatic heterocycles. The fourth-order valence-corrected chi connectivity index (χ4v) is 5.23. The van der Waals surface area contributed by atoms with Gasteiger partial charge in [-0.3, -0.25) is 9.59 Å². The molecule has 0 saturated heterocycles. The lowest BCUT2D eigenvalue weighted by molar-refractivity contribution is -0.113. The van der Waals surface area contributed by atoms with Gasteiger partial charge >= 0.3 is 5.97 Å². The van der Waals surface area contributed by atoms with Gasteiger partial charge in [-0.15, -0.1) is 21.5 Å². The molecule has 0 spiro atoms. The summed E-state index contributed by atoms with van der Waals surface area (Å²) in [5.41, 5.74) is 7.02. The van der Waals surface area contributed by atoms with E-state index in [0.29, 0.717) is 23.1 Å². The topological polar surface area (TPSA) is 138 Å². The van der Waals surface area contributed by atoms with Crippen LogP contribution in [0, 0.1) is 13.8 Å². The van der Waals surface area contributed by atoms with Crippen molar-refractivity contribution in [3.63, 3.8) is 0 Å². The number of nitrogens with one attached hydrogen (secondary N) is 1. The minimum atomic E-state index is -0.682. The van der Waals surface area contributed by atoms with E-state index in [1.54, 1.807) is 6.92 Å². The van der Waals surface area contributed by atoms with Gasteiger partial charge in [-0.2, -0.15) is 0 Å². The minimum Gasteiger partial charge on any atom is -0.483 e. The Morgan fingerprint density at radius 1 is 1.20 bits per heavy atom. The van der Waals surface area contributed by atoms with E-state index in [0.717, 1.165) is 22.6 Å². The summed E-state index contributed by atoms with van der Waals surface area (Å²) in [6, 6.07) is 7.74. The first-order valence-electron chi connectivity index (χ1n) is 10.8. The molecule has 1 aromatic carbocycles. The van der Waals surface area contributed by atoms with Crippen molar-refractivity contribution in [1.29, 1.82) is 0 Å². The highest BCUT2D eigenvalue weighted by atomic mass is 32.2. The van der Waals surface area contributed by atoms with Crippen LogP contribution >= 0.6 is 23.1 Å². The number of nitrogens with zero attached hydrogens (tertiary/aromatic N) is 3. The van der Waals surface area contributed by atoms with Crippen molar-refractivity contribution in [2.75, 3.05) is 18.2 Å². The summed E-state index contributed by atoms with van der Waals surface area (Å²) in [4.78, 5) is 36.7. The molecule has 12 heteroatoms. The van der Waals surface area contributed by atoms with Crippen LogP contribution in [-0.4, -0.2) is 45.4 Å². The molecular weight excluding hydrogens is 490 g/mol. The van der Waals surface area contributed by atoms with Crippen molar-refractivity contribution in [3.05, 3.63) is 51.7 Å². The number of rotatable bonds is 10. The Balaban J connectivity index is 1.70. The first-order valence-corrected chi connectivity index (χ1v) is 12.6. The zero-order chi connectivity index (χ0) is 25.7. The summed E-state index contributed by atoms with van der Waals surface area (Å²) < 4.78 is 12.7. The number of esters is 1. The summed E-state index contributed by atoms with van der Waals surface area (Å²) in [5.74, 6) is -0.345. The van der Waals surface area contributed by atoms with E-state index in [9.17, 15) is 14.4 Å². The Morgan fingerprint density at radius 2 is 1.89 bits per heavy atom. The average Bonchev–Trinajstić information content (AvgIpc) is 3.39. The zero-order valence-electron chi connectivity index (χ0n) is 20.1. The van der Waals surface area contributed by atoms with E-state index in [4.69, 9.17) is 15.2 Å². The second-order valence-electron chi connectivity index (χ2n) is 7.61. The number of amides is 2.